The molecule has 8 rings (SSSR count). The number of benzene rings is 3. The molecule has 3 aliphatic rings. The van der Waals surface area contributed by atoms with Crippen molar-refractivity contribution in [3.63, 3.8) is 0 Å². The number of carbonyl (C=O) groups excluding carboxylic acids is 1. The Morgan fingerprint density at radius 1 is 0.933 bits per heavy atom. The first-order valence-electron chi connectivity index (χ1n) is 16.0. The maximum Gasteiger partial charge on any atom is 0.262 e. The van der Waals surface area contributed by atoms with E-state index in [9.17, 15) is 9.90 Å². The summed E-state index contributed by atoms with van der Waals surface area (Å²) in [5.74, 6) is 1.26. The second-order valence-electron chi connectivity index (χ2n) is 12.7. The van der Waals surface area contributed by atoms with Gasteiger partial charge in [0.15, 0.2) is 0 Å². The number of aromatic amines is 1. The van der Waals surface area contributed by atoms with E-state index in [1.165, 1.54) is 24.0 Å². The van der Waals surface area contributed by atoms with Crippen LogP contribution in [0, 0.1) is 6.92 Å². The highest BCUT2D eigenvalue weighted by Gasteiger charge is 2.30. The molecule has 1 saturated carbocycles. The number of hydrogen-bond acceptors (Lipinski definition) is 6. The Kier molecular flexibility index (Phi) is 7.11. The van der Waals surface area contributed by atoms with Crippen LogP contribution in [0.4, 0.5) is 5.69 Å². The molecule has 8 heteroatoms. The zero-order valence-corrected chi connectivity index (χ0v) is 25.5. The van der Waals surface area contributed by atoms with Crippen LogP contribution in [-0.4, -0.2) is 63.2 Å². The van der Waals surface area contributed by atoms with Gasteiger partial charge in [-0.1, -0.05) is 42.5 Å². The van der Waals surface area contributed by atoms with Crippen LogP contribution in [0.25, 0.3) is 33.5 Å². The molecular weight excluding hydrogens is 562 g/mol. The largest absolute Gasteiger partial charge is 0.491 e. The minimum absolute atomic E-state index is 0.0387. The Bertz CT molecular complexity index is 1890. The van der Waals surface area contributed by atoms with Crippen molar-refractivity contribution in [1.82, 2.24) is 19.9 Å². The number of fused-ring (bicyclic) bond motifs is 2. The van der Waals surface area contributed by atoms with Crippen LogP contribution in [0.2, 0.25) is 0 Å². The second kappa shape index (κ2) is 11.4. The maximum absolute atomic E-state index is 13.9. The molecule has 0 atom stereocenters. The highest BCUT2D eigenvalue weighted by Crippen LogP contribution is 2.42. The number of nitrogens with zero attached hydrogens (tertiary/aromatic N) is 4. The predicted molar refractivity (Wildman–Crippen MR) is 176 cm³/mol. The molecule has 8 nitrogen and oxygen atoms in total. The lowest BCUT2D eigenvalue weighted by Gasteiger charge is -2.29. The van der Waals surface area contributed by atoms with Gasteiger partial charge in [0.2, 0.25) is 0 Å². The van der Waals surface area contributed by atoms with E-state index in [-0.39, 0.29) is 12.0 Å². The summed E-state index contributed by atoms with van der Waals surface area (Å²) in [6.45, 7) is 5.73. The number of aliphatic hydroxyl groups excluding tert-OH is 1. The first-order valence-corrected chi connectivity index (χ1v) is 16.0. The maximum atomic E-state index is 13.9. The lowest BCUT2D eigenvalue weighted by atomic mass is 10.00. The highest BCUT2D eigenvalue weighted by molar-refractivity contribution is 6.09. The van der Waals surface area contributed by atoms with Crippen molar-refractivity contribution in [2.45, 2.75) is 51.2 Å². The van der Waals surface area contributed by atoms with Crippen molar-refractivity contribution in [3.8, 4) is 28.3 Å². The van der Waals surface area contributed by atoms with Gasteiger partial charge in [0.25, 0.3) is 5.91 Å². The molecule has 0 spiro atoms. The van der Waals surface area contributed by atoms with E-state index in [0.717, 1.165) is 77.3 Å². The summed E-state index contributed by atoms with van der Waals surface area (Å²) in [4.78, 5) is 30.9. The van der Waals surface area contributed by atoms with E-state index in [4.69, 9.17) is 9.72 Å². The molecule has 228 valence electrons. The zero-order valence-electron chi connectivity index (χ0n) is 25.5. The molecule has 1 aliphatic carbocycles. The summed E-state index contributed by atoms with van der Waals surface area (Å²) < 4.78 is 6.10. The average Bonchev–Trinajstić information content (AvgIpc) is 3.84. The summed E-state index contributed by atoms with van der Waals surface area (Å²) >= 11 is 0. The fourth-order valence-electron chi connectivity index (χ4n) is 6.84. The van der Waals surface area contributed by atoms with Crippen molar-refractivity contribution < 1.29 is 14.6 Å². The van der Waals surface area contributed by atoms with E-state index in [0.29, 0.717) is 30.4 Å². The van der Waals surface area contributed by atoms with Crippen LogP contribution >= 0.6 is 0 Å². The van der Waals surface area contributed by atoms with Crippen LogP contribution in [0.5, 0.6) is 5.75 Å². The Labute approximate surface area is 262 Å². The third kappa shape index (κ3) is 5.38. The summed E-state index contributed by atoms with van der Waals surface area (Å²) in [6.07, 6.45) is 5.55. The molecule has 1 saturated heterocycles. The summed E-state index contributed by atoms with van der Waals surface area (Å²) in [5, 5.41) is 10.7. The van der Waals surface area contributed by atoms with Gasteiger partial charge in [0.05, 0.1) is 23.9 Å². The van der Waals surface area contributed by atoms with Gasteiger partial charge >= 0.3 is 0 Å². The van der Waals surface area contributed by atoms with E-state index < -0.39 is 0 Å². The van der Waals surface area contributed by atoms with Gasteiger partial charge < -0.3 is 19.7 Å². The third-order valence-electron chi connectivity index (χ3n) is 9.61. The molecule has 2 aliphatic heterocycles. The number of amides is 1. The van der Waals surface area contributed by atoms with Gasteiger partial charge in [-0.05, 0) is 85.0 Å². The number of likely N-dealkylation sites (tertiary alicyclic amines) is 1. The predicted octanol–water partition coefficient (Wildman–Crippen LogP) is 6.47. The van der Waals surface area contributed by atoms with Crippen molar-refractivity contribution >= 4 is 22.6 Å². The van der Waals surface area contributed by atoms with Gasteiger partial charge in [-0.25, -0.2) is 9.97 Å². The number of ether oxygens (including phenoxy) is 1. The molecule has 1 amide bonds. The van der Waals surface area contributed by atoms with Crippen molar-refractivity contribution in [1.29, 1.82) is 0 Å². The number of carbonyl (C=O) groups is 1. The highest BCUT2D eigenvalue weighted by atomic mass is 16.5. The normalized spacial score (nSPS) is 17.7. The van der Waals surface area contributed by atoms with Crippen molar-refractivity contribution in [2.75, 3.05) is 31.1 Å². The van der Waals surface area contributed by atoms with Gasteiger partial charge in [0.1, 0.15) is 24.3 Å². The Morgan fingerprint density at radius 2 is 1.76 bits per heavy atom. The van der Waals surface area contributed by atoms with E-state index in [1.807, 2.05) is 23.1 Å². The van der Waals surface area contributed by atoms with Gasteiger partial charge in [-0.2, -0.15) is 0 Å². The number of rotatable bonds is 6. The molecule has 2 fully saturated rings. The van der Waals surface area contributed by atoms with Gasteiger partial charge in [-0.3, -0.25) is 9.69 Å². The molecule has 4 heterocycles. The number of aliphatic hydroxyl groups is 1. The van der Waals surface area contributed by atoms with Crippen LogP contribution in [0.3, 0.4) is 0 Å². The first-order chi connectivity index (χ1) is 22.0. The summed E-state index contributed by atoms with van der Waals surface area (Å²) in [7, 11) is 0. The quantitative estimate of drug-likeness (QED) is 0.232. The van der Waals surface area contributed by atoms with Crippen LogP contribution in [-0.2, 0) is 6.54 Å². The summed E-state index contributed by atoms with van der Waals surface area (Å²) in [5.41, 5.74) is 9.63. The monoisotopic (exact) mass is 599 g/mol. The lowest BCUT2D eigenvalue weighted by Crippen LogP contribution is -2.35. The molecule has 2 aromatic heterocycles. The average molecular weight is 600 g/mol. The zero-order chi connectivity index (χ0) is 30.5. The second-order valence-corrected chi connectivity index (χ2v) is 12.7. The van der Waals surface area contributed by atoms with Crippen LogP contribution in [0.15, 0.2) is 73.1 Å². The smallest absolute Gasteiger partial charge is 0.262 e. The number of H-pyrrole nitrogens is 1. The molecule has 3 aromatic carbocycles. The van der Waals surface area contributed by atoms with Crippen molar-refractivity contribution in [2.24, 2.45) is 0 Å². The molecular formula is C37H37N5O3. The number of nitrogens with one attached hydrogen (secondary N) is 1. The molecule has 5 aromatic rings. The molecule has 0 radical (unpaired) electrons. The van der Waals surface area contributed by atoms with Crippen molar-refractivity contribution in [3.05, 3.63) is 95.3 Å². The van der Waals surface area contributed by atoms with Crippen LogP contribution in [0.1, 0.15) is 58.6 Å². The Morgan fingerprint density at radius 3 is 2.56 bits per heavy atom. The minimum atomic E-state index is -0.158. The molecule has 0 unspecified atom stereocenters. The first kappa shape index (κ1) is 28.0. The molecule has 45 heavy (non-hydrogen) atoms. The molecule has 2 N–H and O–H groups in total. The third-order valence-corrected chi connectivity index (χ3v) is 9.61. The summed E-state index contributed by atoms with van der Waals surface area (Å²) in [6, 6.07) is 22.9. The van der Waals surface area contributed by atoms with E-state index >= 15 is 0 Å². The standard InChI is InChI=1S/C37H37N5O3/c1-23-29(3-2-4-33(23)42-17-18-45-34-19-27(25-9-10-25)11-12-30(34)37(42)44)35-31-20-32(40-36(31)39-22-38-35)26-7-5-24(6-8-26)21-41-15-13-28(43)14-16-41/h2-8,11-12,19-20,22,25,28,43H,9-10,13-18,21H2,1H3,(H,38,39,40). The number of aromatic nitrogens is 3. The Balaban J connectivity index is 1.08. The fourth-order valence-corrected chi connectivity index (χ4v) is 6.84. The number of piperidine rings is 1. The SMILES string of the molecule is Cc1c(-c2ncnc3[nH]c(-c4ccc(CN5CCC(O)CC5)cc4)cc23)cccc1N1CCOc2cc(C3CC3)ccc2C1=O. The number of hydrogen-bond donors (Lipinski definition) is 2. The topological polar surface area (TPSA) is 94.6 Å². The Hall–Kier alpha value is -4.53. The van der Waals surface area contributed by atoms with Crippen LogP contribution < -0.4 is 9.64 Å². The van der Waals surface area contributed by atoms with Gasteiger partial charge in [0, 0.05) is 42.0 Å². The lowest BCUT2D eigenvalue weighted by molar-refractivity contribution is 0.0792. The van der Waals surface area contributed by atoms with Gasteiger partial charge in [-0.15, -0.1) is 0 Å². The van der Waals surface area contributed by atoms with E-state index in [1.54, 1.807) is 6.33 Å². The van der Waals surface area contributed by atoms with E-state index in [2.05, 4.69) is 70.3 Å². The molecule has 0 bridgehead atoms. The number of anilines is 1. The fraction of sp³-hybridized carbons (Fsp3) is 0.324. The minimum Gasteiger partial charge on any atom is -0.491 e.